The molecule has 0 bridgehead atoms. The van der Waals surface area contributed by atoms with Crippen LogP contribution in [0, 0.1) is 0 Å². The number of amides is 2. The van der Waals surface area contributed by atoms with Crippen molar-refractivity contribution < 1.29 is 14.0 Å². The molecule has 3 rings (SSSR count). The van der Waals surface area contributed by atoms with Gasteiger partial charge < -0.3 is 14.6 Å². The number of hydrogen-bond donors (Lipinski definition) is 1. The van der Waals surface area contributed by atoms with Crippen molar-refractivity contribution in [1.82, 2.24) is 20.4 Å². The van der Waals surface area contributed by atoms with Crippen LogP contribution in [0.1, 0.15) is 10.4 Å². The Labute approximate surface area is 114 Å². The van der Waals surface area contributed by atoms with Crippen molar-refractivity contribution in [2.24, 2.45) is 0 Å². The fraction of sp³-hybridized carbons (Fsp3) is 0.231. The minimum Gasteiger partial charge on any atom is -0.423 e. The quantitative estimate of drug-likeness (QED) is 0.850. The predicted octanol–water partition coefficient (Wildman–Crippen LogP) is 0.309. The van der Waals surface area contributed by atoms with E-state index in [4.69, 9.17) is 4.42 Å². The van der Waals surface area contributed by atoms with Crippen molar-refractivity contribution in [3.05, 3.63) is 36.2 Å². The van der Waals surface area contributed by atoms with Gasteiger partial charge in [0.25, 0.3) is 5.91 Å². The Balaban J connectivity index is 1.77. The third-order valence-corrected chi connectivity index (χ3v) is 3.06. The molecule has 1 aliphatic heterocycles. The lowest BCUT2D eigenvalue weighted by atomic mass is 10.1. The Bertz CT molecular complexity index is 622. The molecule has 1 aliphatic rings. The first-order valence-electron chi connectivity index (χ1n) is 6.16. The highest BCUT2D eigenvalue weighted by Gasteiger charge is 2.22. The van der Waals surface area contributed by atoms with Crippen LogP contribution in [0.15, 0.2) is 35.1 Å². The van der Waals surface area contributed by atoms with Gasteiger partial charge >= 0.3 is 0 Å². The van der Waals surface area contributed by atoms with E-state index < -0.39 is 0 Å². The molecule has 0 atom stereocenters. The van der Waals surface area contributed by atoms with Crippen LogP contribution in [0.5, 0.6) is 0 Å². The lowest BCUT2D eigenvalue weighted by molar-refractivity contribution is -0.123. The van der Waals surface area contributed by atoms with Crippen LogP contribution in [0.4, 0.5) is 0 Å². The topological polar surface area (TPSA) is 88.3 Å². The third-order valence-electron chi connectivity index (χ3n) is 3.06. The molecule has 0 radical (unpaired) electrons. The standard InChI is InChI=1S/C13H12N4O3/c18-11-7-17(6-5-14-11)13(19)10-3-1-9(2-4-10)12-16-15-8-20-12/h1-4,8H,5-7H2,(H,14,18). The number of carbonyl (C=O) groups is 2. The lowest BCUT2D eigenvalue weighted by Crippen LogP contribution is -2.49. The highest BCUT2D eigenvalue weighted by Crippen LogP contribution is 2.17. The van der Waals surface area contributed by atoms with Crippen LogP contribution in [-0.2, 0) is 4.79 Å². The summed E-state index contributed by atoms with van der Waals surface area (Å²) in [4.78, 5) is 25.1. The van der Waals surface area contributed by atoms with E-state index in [1.54, 1.807) is 24.3 Å². The van der Waals surface area contributed by atoms with Crippen molar-refractivity contribution in [1.29, 1.82) is 0 Å². The SMILES string of the molecule is O=C1CN(C(=O)c2ccc(-c3nnco3)cc2)CCN1. The molecule has 1 fully saturated rings. The van der Waals surface area contributed by atoms with Crippen LogP contribution < -0.4 is 5.32 Å². The smallest absolute Gasteiger partial charge is 0.254 e. The second-order valence-corrected chi connectivity index (χ2v) is 4.40. The van der Waals surface area contributed by atoms with Crippen LogP contribution in [0.3, 0.4) is 0 Å². The molecule has 7 heteroatoms. The van der Waals surface area contributed by atoms with Gasteiger partial charge in [-0.15, -0.1) is 10.2 Å². The molecule has 0 unspecified atom stereocenters. The van der Waals surface area contributed by atoms with Gasteiger partial charge in [0.05, 0.1) is 6.54 Å². The Morgan fingerprint density at radius 3 is 2.75 bits per heavy atom. The van der Waals surface area contributed by atoms with Crippen molar-refractivity contribution in [3.63, 3.8) is 0 Å². The number of aromatic nitrogens is 2. The first-order chi connectivity index (χ1) is 9.74. The maximum atomic E-state index is 12.2. The van der Waals surface area contributed by atoms with Crippen molar-refractivity contribution >= 4 is 11.8 Å². The van der Waals surface area contributed by atoms with Gasteiger partial charge in [0.2, 0.25) is 18.2 Å². The second kappa shape index (κ2) is 5.12. The van der Waals surface area contributed by atoms with Crippen molar-refractivity contribution in [3.8, 4) is 11.5 Å². The van der Waals surface area contributed by atoms with Crippen LogP contribution >= 0.6 is 0 Å². The highest BCUT2D eigenvalue weighted by atomic mass is 16.4. The molecule has 2 heterocycles. The van der Waals surface area contributed by atoms with Gasteiger partial charge in [-0.1, -0.05) is 0 Å². The zero-order valence-corrected chi connectivity index (χ0v) is 10.6. The molecule has 7 nitrogen and oxygen atoms in total. The normalized spacial score (nSPS) is 15.0. The average molecular weight is 272 g/mol. The summed E-state index contributed by atoms with van der Waals surface area (Å²) in [5.74, 6) is 0.116. The summed E-state index contributed by atoms with van der Waals surface area (Å²) in [6, 6.07) is 6.86. The molecule has 1 aromatic heterocycles. The van der Waals surface area contributed by atoms with E-state index in [1.165, 1.54) is 11.3 Å². The largest absolute Gasteiger partial charge is 0.423 e. The second-order valence-electron chi connectivity index (χ2n) is 4.40. The molecule has 0 spiro atoms. The number of nitrogens with zero attached hydrogens (tertiary/aromatic N) is 3. The number of rotatable bonds is 2. The molecular formula is C13H12N4O3. The van der Waals surface area contributed by atoms with Crippen LogP contribution in [0.2, 0.25) is 0 Å². The maximum Gasteiger partial charge on any atom is 0.254 e. The molecule has 2 aromatic rings. The van der Waals surface area contributed by atoms with Crippen LogP contribution in [-0.4, -0.2) is 46.5 Å². The zero-order valence-electron chi connectivity index (χ0n) is 10.6. The molecule has 102 valence electrons. The first-order valence-corrected chi connectivity index (χ1v) is 6.16. The van der Waals surface area contributed by atoms with Gasteiger partial charge in [0.15, 0.2) is 0 Å². The zero-order chi connectivity index (χ0) is 13.9. The highest BCUT2D eigenvalue weighted by molar-refractivity contribution is 5.97. The minimum absolute atomic E-state index is 0.101. The Morgan fingerprint density at radius 2 is 2.10 bits per heavy atom. The summed E-state index contributed by atoms with van der Waals surface area (Å²) in [6.07, 6.45) is 1.25. The number of carbonyl (C=O) groups excluding carboxylic acids is 2. The van der Waals surface area contributed by atoms with Gasteiger partial charge in [-0.05, 0) is 24.3 Å². The molecule has 1 aromatic carbocycles. The van der Waals surface area contributed by atoms with E-state index >= 15 is 0 Å². The fourth-order valence-corrected chi connectivity index (χ4v) is 2.05. The van der Waals surface area contributed by atoms with Gasteiger partial charge in [-0.2, -0.15) is 0 Å². The summed E-state index contributed by atoms with van der Waals surface area (Å²) in [5.41, 5.74) is 1.28. The number of piperazine rings is 1. The number of benzene rings is 1. The summed E-state index contributed by atoms with van der Waals surface area (Å²) >= 11 is 0. The Morgan fingerprint density at radius 1 is 1.30 bits per heavy atom. The predicted molar refractivity (Wildman–Crippen MR) is 68.6 cm³/mol. The molecular weight excluding hydrogens is 260 g/mol. The molecule has 2 amide bonds. The summed E-state index contributed by atoms with van der Waals surface area (Å²) < 4.78 is 5.08. The summed E-state index contributed by atoms with van der Waals surface area (Å²) in [6.45, 7) is 1.12. The van der Waals surface area contributed by atoms with Crippen molar-refractivity contribution in [2.45, 2.75) is 0 Å². The summed E-state index contributed by atoms with van der Waals surface area (Å²) in [5, 5.41) is 10.1. The van der Waals surface area contributed by atoms with Crippen molar-refractivity contribution in [2.75, 3.05) is 19.6 Å². The molecule has 1 saturated heterocycles. The Hall–Kier alpha value is -2.70. The lowest BCUT2D eigenvalue weighted by Gasteiger charge is -2.26. The minimum atomic E-state index is -0.156. The van der Waals surface area contributed by atoms with Gasteiger partial charge in [0, 0.05) is 24.2 Å². The monoisotopic (exact) mass is 272 g/mol. The Kier molecular flexibility index (Phi) is 3.16. The van der Waals surface area contributed by atoms with Gasteiger partial charge in [-0.25, -0.2) is 0 Å². The first kappa shape index (κ1) is 12.3. The van der Waals surface area contributed by atoms with Gasteiger partial charge in [-0.3, -0.25) is 9.59 Å². The molecule has 0 saturated carbocycles. The molecule has 0 aliphatic carbocycles. The van der Waals surface area contributed by atoms with E-state index in [9.17, 15) is 9.59 Å². The summed E-state index contributed by atoms with van der Waals surface area (Å²) in [7, 11) is 0. The molecule has 20 heavy (non-hydrogen) atoms. The number of nitrogens with one attached hydrogen (secondary N) is 1. The van der Waals surface area contributed by atoms with Gasteiger partial charge in [0.1, 0.15) is 0 Å². The number of hydrogen-bond acceptors (Lipinski definition) is 5. The van der Waals surface area contributed by atoms with E-state index in [0.717, 1.165) is 5.56 Å². The van der Waals surface area contributed by atoms with E-state index in [-0.39, 0.29) is 18.4 Å². The van der Waals surface area contributed by atoms with Crippen LogP contribution in [0.25, 0.3) is 11.5 Å². The maximum absolute atomic E-state index is 12.2. The average Bonchev–Trinajstić information content (AvgIpc) is 3.01. The van der Waals surface area contributed by atoms with E-state index in [1.807, 2.05) is 0 Å². The molecule has 1 N–H and O–H groups in total. The van der Waals surface area contributed by atoms with E-state index in [2.05, 4.69) is 15.5 Å². The third kappa shape index (κ3) is 2.37. The fourth-order valence-electron chi connectivity index (χ4n) is 2.05. The van der Waals surface area contributed by atoms with E-state index in [0.29, 0.717) is 24.5 Å².